The Morgan fingerprint density at radius 1 is 1.22 bits per heavy atom. The third kappa shape index (κ3) is 3.98. The van der Waals surface area contributed by atoms with Gasteiger partial charge in [-0.15, -0.1) is 0 Å². The number of carboxylic acid groups (broad SMARTS) is 1. The fraction of sp³-hybridized carbons (Fsp3) is 0.846. The van der Waals surface area contributed by atoms with Gasteiger partial charge in [0.1, 0.15) is 0 Å². The van der Waals surface area contributed by atoms with Gasteiger partial charge in [-0.3, -0.25) is 9.59 Å². The minimum absolute atomic E-state index is 0.187. The van der Waals surface area contributed by atoms with Gasteiger partial charge in [-0.25, -0.2) is 0 Å². The molecule has 0 saturated heterocycles. The van der Waals surface area contributed by atoms with Crippen LogP contribution >= 0.6 is 0 Å². The second kappa shape index (κ2) is 8.08. The van der Waals surface area contributed by atoms with Gasteiger partial charge < -0.3 is 14.6 Å². The van der Waals surface area contributed by atoms with E-state index in [-0.39, 0.29) is 18.9 Å². The van der Waals surface area contributed by atoms with Crippen LogP contribution in [0.1, 0.15) is 40.5 Å². The normalized spacial score (nSPS) is 14.3. The van der Waals surface area contributed by atoms with E-state index in [1.54, 1.807) is 20.8 Å². The summed E-state index contributed by atoms with van der Waals surface area (Å²) in [4.78, 5) is 23.5. The number of carbonyl (C=O) groups excluding carboxylic acids is 1. The van der Waals surface area contributed by atoms with Gasteiger partial charge in [0, 0.05) is 13.2 Å². The van der Waals surface area contributed by atoms with Gasteiger partial charge in [0.2, 0.25) is 0 Å². The number of aliphatic carboxylic acids is 1. The molecular formula is C13H24O5. The van der Waals surface area contributed by atoms with Crippen molar-refractivity contribution in [2.45, 2.75) is 40.5 Å². The molecule has 0 fully saturated rings. The molecule has 1 N–H and O–H groups in total. The van der Waals surface area contributed by atoms with E-state index < -0.39 is 17.4 Å². The lowest BCUT2D eigenvalue weighted by molar-refractivity contribution is -0.173. The van der Waals surface area contributed by atoms with Gasteiger partial charge in [-0.2, -0.15) is 0 Å². The highest BCUT2D eigenvalue weighted by atomic mass is 16.5. The Morgan fingerprint density at radius 2 is 1.83 bits per heavy atom. The van der Waals surface area contributed by atoms with Crippen LogP contribution in [0.15, 0.2) is 0 Å². The predicted octanol–water partition coefficient (Wildman–Crippen LogP) is 2.09. The van der Waals surface area contributed by atoms with E-state index in [9.17, 15) is 14.7 Å². The summed E-state index contributed by atoms with van der Waals surface area (Å²) >= 11 is 0. The summed E-state index contributed by atoms with van der Waals surface area (Å²) in [6.07, 6.45) is 0.760. The van der Waals surface area contributed by atoms with Gasteiger partial charge in [-0.1, -0.05) is 13.8 Å². The summed E-state index contributed by atoms with van der Waals surface area (Å²) in [5.74, 6) is -2.09. The molecule has 0 amide bonds. The first-order valence-corrected chi connectivity index (χ1v) is 6.41. The molecule has 0 radical (unpaired) electrons. The fourth-order valence-electron chi connectivity index (χ4n) is 1.92. The molecule has 0 aromatic rings. The van der Waals surface area contributed by atoms with Crippen LogP contribution in [0, 0.1) is 11.3 Å². The summed E-state index contributed by atoms with van der Waals surface area (Å²) < 4.78 is 10.1. The molecule has 5 heteroatoms. The molecule has 18 heavy (non-hydrogen) atoms. The largest absolute Gasteiger partial charge is 0.480 e. The summed E-state index contributed by atoms with van der Waals surface area (Å²) in [5.41, 5.74) is -1.47. The Hall–Kier alpha value is -1.10. The van der Waals surface area contributed by atoms with Crippen molar-refractivity contribution >= 4 is 11.9 Å². The maximum absolute atomic E-state index is 12.0. The number of esters is 1. The molecule has 5 nitrogen and oxygen atoms in total. The topological polar surface area (TPSA) is 72.8 Å². The molecule has 0 spiro atoms. The molecule has 0 bridgehead atoms. The highest BCUT2D eigenvalue weighted by molar-refractivity contribution is 5.99. The van der Waals surface area contributed by atoms with Crippen molar-refractivity contribution < 1.29 is 24.2 Å². The van der Waals surface area contributed by atoms with Crippen LogP contribution < -0.4 is 0 Å². The first-order chi connectivity index (χ1) is 8.43. The van der Waals surface area contributed by atoms with Gasteiger partial charge in [0.05, 0.1) is 6.61 Å². The van der Waals surface area contributed by atoms with Crippen molar-refractivity contribution in [3.05, 3.63) is 0 Å². The number of carbonyl (C=O) groups is 2. The predicted molar refractivity (Wildman–Crippen MR) is 67.3 cm³/mol. The molecule has 0 rings (SSSR count). The molecule has 106 valence electrons. The molecule has 0 aromatic carbocycles. The average Bonchev–Trinajstić information content (AvgIpc) is 2.28. The number of ether oxygens (including phenoxy) is 2. The van der Waals surface area contributed by atoms with Crippen LogP contribution in [0.4, 0.5) is 0 Å². The van der Waals surface area contributed by atoms with Crippen LogP contribution in [0.2, 0.25) is 0 Å². The highest BCUT2D eigenvalue weighted by Crippen LogP contribution is 2.35. The Kier molecular flexibility index (Phi) is 7.59. The van der Waals surface area contributed by atoms with Crippen molar-refractivity contribution in [2.75, 3.05) is 19.8 Å². The molecule has 0 aromatic heterocycles. The zero-order valence-corrected chi connectivity index (χ0v) is 11.7. The number of hydrogen-bond acceptors (Lipinski definition) is 4. The zero-order chi connectivity index (χ0) is 14.2. The Labute approximate surface area is 108 Å². The number of hydrogen-bond donors (Lipinski definition) is 1. The second-order valence-corrected chi connectivity index (χ2v) is 4.45. The van der Waals surface area contributed by atoms with Crippen LogP contribution in [-0.4, -0.2) is 36.9 Å². The molecule has 0 aliphatic rings. The SMILES string of the molecule is CCOCCCC(C(=O)O)(C(=O)OCC)C(C)C. The van der Waals surface area contributed by atoms with Crippen LogP contribution in [-0.2, 0) is 19.1 Å². The lowest BCUT2D eigenvalue weighted by Gasteiger charge is -2.30. The Balaban J connectivity index is 4.87. The molecular weight excluding hydrogens is 236 g/mol. The third-order valence-electron chi connectivity index (χ3n) is 3.07. The van der Waals surface area contributed by atoms with E-state index in [2.05, 4.69) is 0 Å². The maximum atomic E-state index is 12.0. The van der Waals surface area contributed by atoms with Crippen molar-refractivity contribution in [3.63, 3.8) is 0 Å². The first kappa shape index (κ1) is 16.9. The van der Waals surface area contributed by atoms with Crippen LogP contribution in [0.3, 0.4) is 0 Å². The molecule has 0 aliphatic heterocycles. The van der Waals surface area contributed by atoms with Gasteiger partial charge in [0.15, 0.2) is 5.41 Å². The van der Waals surface area contributed by atoms with Gasteiger partial charge in [-0.05, 0) is 32.6 Å². The summed E-state index contributed by atoms with van der Waals surface area (Å²) in [7, 11) is 0. The monoisotopic (exact) mass is 260 g/mol. The van der Waals surface area contributed by atoms with Crippen LogP contribution in [0.5, 0.6) is 0 Å². The molecule has 0 heterocycles. The van der Waals surface area contributed by atoms with Crippen LogP contribution in [0.25, 0.3) is 0 Å². The van der Waals surface area contributed by atoms with E-state index in [1.165, 1.54) is 0 Å². The van der Waals surface area contributed by atoms with Crippen molar-refractivity contribution in [3.8, 4) is 0 Å². The van der Waals surface area contributed by atoms with E-state index in [0.29, 0.717) is 19.6 Å². The standard InChI is InChI=1S/C13H24O5/c1-5-17-9-7-8-13(10(3)4,11(14)15)12(16)18-6-2/h10H,5-9H2,1-4H3,(H,14,15). The van der Waals surface area contributed by atoms with Gasteiger partial charge in [0.25, 0.3) is 0 Å². The van der Waals surface area contributed by atoms with E-state index in [4.69, 9.17) is 9.47 Å². The highest BCUT2D eigenvalue weighted by Gasteiger charge is 2.49. The van der Waals surface area contributed by atoms with Crippen molar-refractivity contribution in [1.82, 2.24) is 0 Å². The minimum atomic E-state index is -1.47. The molecule has 1 unspecified atom stereocenters. The molecule has 1 atom stereocenters. The minimum Gasteiger partial charge on any atom is -0.480 e. The lowest BCUT2D eigenvalue weighted by Crippen LogP contribution is -2.45. The third-order valence-corrected chi connectivity index (χ3v) is 3.07. The number of rotatable bonds is 9. The Morgan fingerprint density at radius 3 is 2.22 bits per heavy atom. The lowest BCUT2D eigenvalue weighted by atomic mass is 9.73. The zero-order valence-electron chi connectivity index (χ0n) is 11.7. The fourth-order valence-corrected chi connectivity index (χ4v) is 1.92. The first-order valence-electron chi connectivity index (χ1n) is 6.41. The van der Waals surface area contributed by atoms with E-state index >= 15 is 0 Å². The molecule has 0 saturated carbocycles. The second-order valence-electron chi connectivity index (χ2n) is 4.45. The summed E-state index contributed by atoms with van der Waals surface area (Å²) in [6.45, 7) is 8.23. The van der Waals surface area contributed by atoms with Crippen molar-refractivity contribution in [1.29, 1.82) is 0 Å². The summed E-state index contributed by atoms with van der Waals surface area (Å²) in [5, 5.41) is 9.41. The Bertz CT molecular complexity index is 275. The van der Waals surface area contributed by atoms with E-state index in [1.807, 2.05) is 6.92 Å². The average molecular weight is 260 g/mol. The maximum Gasteiger partial charge on any atom is 0.323 e. The molecule has 0 aliphatic carbocycles. The van der Waals surface area contributed by atoms with Crippen molar-refractivity contribution in [2.24, 2.45) is 11.3 Å². The van der Waals surface area contributed by atoms with Gasteiger partial charge >= 0.3 is 11.9 Å². The quantitative estimate of drug-likeness (QED) is 0.390. The van der Waals surface area contributed by atoms with E-state index in [0.717, 1.165) is 0 Å². The number of carboxylic acids is 1. The smallest absolute Gasteiger partial charge is 0.323 e. The summed E-state index contributed by atoms with van der Waals surface area (Å²) in [6, 6.07) is 0.